The normalized spacial score (nSPS) is 15.6. The maximum Gasteiger partial charge on any atom is 0.321 e. The number of carboxylic acid groups (broad SMARTS) is 1. The van der Waals surface area contributed by atoms with Crippen molar-refractivity contribution in [2.24, 2.45) is 5.92 Å². The molecule has 0 aliphatic heterocycles. The Morgan fingerprint density at radius 3 is 2.58 bits per heavy atom. The Labute approximate surface area is 110 Å². The summed E-state index contributed by atoms with van der Waals surface area (Å²) in [5.74, 6) is -1.46. The highest BCUT2D eigenvalue weighted by molar-refractivity contribution is 5.95. The second kappa shape index (κ2) is 7.70. The highest BCUT2D eigenvalue weighted by Crippen LogP contribution is 2.32. The third-order valence-corrected chi connectivity index (χ3v) is 2.69. The number of amides is 3. The Balaban J connectivity index is 2.19. The maximum atomic E-state index is 11.4. The molecule has 0 spiro atoms. The Bertz CT molecular complexity index is 343. The van der Waals surface area contributed by atoms with E-state index in [0.717, 1.165) is 12.8 Å². The minimum Gasteiger partial charge on any atom is -0.480 e. The van der Waals surface area contributed by atoms with Gasteiger partial charge in [-0.3, -0.25) is 20.2 Å². The molecule has 0 aromatic carbocycles. The summed E-state index contributed by atoms with van der Waals surface area (Å²) in [6.45, 7) is 0.441. The minimum atomic E-state index is -0.972. The molecule has 0 heterocycles. The van der Waals surface area contributed by atoms with E-state index in [0.29, 0.717) is 13.2 Å². The molecule has 1 aliphatic carbocycles. The van der Waals surface area contributed by atoms with Gasteiger partial charge in [-0.15, -0.1) is 0 Å². The highest BCUT2D eigenvalue weighted by atomic mass is 16.5. The molecule has 3 amide bonds. The van der Waals surface area contributed by atoms with Crippen LogP contribution in [0.25, 0.3) is 0 Å². The van der Waals surface area contributed by atoms with Crippen LogP contribution >= 0.6 is 0 Å². The number of aliphatic carboxylic acids is 1. The lowest BCUT2D eigenvalue weighted by Crippen LogP contribution is -2.48. The molecule has 108 valence electrons. The van der Waals surface area contributed by atoms with Crippen LogP contribution in [-0.4, -0.2) is 55.9 Å². The lowest BCUT2D eigenvalue weighted by Gasteiger charge is -2.13. The van der Waals surface area contributed by atoms with Crippen LogP contribution < -0.4 is 16.0 Å². The van der Waals surface area contributed by atoms with Crippen LogP contribution in [0.5, 0.6) is 0 Å². The lowest BCUT2D eigenvalue weighted by atomic mass is 10.2. The third-order valence-electron chi connectivity index (χ3n) is 2.69. The summed E-state index contributed by atoms with van der Waals surface area (Å²) < 4.78 is 4.73. The first-order chi connectivity index (χ1) is 9.04. The second-order valence-corrected chi connectivity index (χ2v) is 4.33. The van der Waals surface area contributed by atoms with Crippen molar-refractivity contribution in [3.05, 3.63) is 0 Å². The van der Waals surface area contributed by atoms with Crippen molar-refractivity contribution in [1.29, 1.82) is 0 Å². The highest BCUT2D eigenvalue weighted by Gasteiger charge is 2.36. The quantitative estimate of drug-likeness (QED) is 0.418. The predicted molar refractivity (Wildman–Crippen MR) is 65.6 cm³/mol. The molecule has 0 bridgehead atoms. The van der Waals surface area contributed by atoms with Gasteiger partial charge in [0, 0.05) is 13.7 Å². The van der Waals surface area contributed by atoms with Gasteiger partial charge in [0.1, 0.15) is 6.04 Å². The van der Waals surface area contributed by atoms with Gasteiger partial charge in [0.2, 0.25) is 5.91 Å². The number of nitrogens with one attached hydrogen (secondary N) is 3. The summed E-state index contributed by atoms with van der Waals surface area (Å²) in [4.78, 5) is 33.5. The topological polar surface area (TPSA) is 117 Å². The van der Waals surface area contributed by atoms with Crippen molar-refractivity contribution < 1.29 is 24.2 Å². The fourth-order valence-electron chi connectivity index (χ4n) is 1.57. The smallest absolute Gasteiger partial charge is 0.321 e. The molecule has 1 rings (SSSR count). The Morgan fingerprint density at radius 1 is 1.37 bits per heavy atom. The molecule has 1 aliphatic rings. The zero-order chi connectivity index (χ0) is 14.3. The number of carbonyl (C=O) groups is 3. The number of ether oxygens (including phenoxy) is 1. The van der Waals surface area contributed by atoms with E-state index in [1.165, 1.54) is 7.11 Å². The maximum absolute atomic E-state index is 11.4. The Hall–Kier alpha value is -1.67. The molecule has 0 saturated heterocycles. The molecule has 19 heavy (non-hydrogen) atoms. The number of carbonyl (C=O) groups excluding carboxylic acids is 2. The Morgan fingerprint density at radius 2 is 2.05 bits per heavy atom. The molecule has 1 atom stereocenters. The van der Waals surface area contributed by atoms with E-state index in [4.69, 9.17) is 9.84 Å². The van der Waals surface area contributed by atoms with Gasteiger partial charge in [0.15, 0.2) is 0 Å². The summed E-state index contributed by atoms with van der Waals surface area (Å²) >= 11 is 0. The summed E-state index contributed by atoms with van der Waals surface area (Å²) in [7, 11) is 1.50. The SMILES string of the molecule is COCCNC(=O)NC(=O)CNC(C(=O)O)C1CC1. The van der Waals surface area contributed by atoms with Gasteiger partial charge in [-0.05, 0) is 18.8 Å². The number of carboxylic acids is 1. The van der Waals surface area contributed by atoms with Crippen molar-refractivity contribution >= 4 is 17.9 Å². The van der Waals surface area contributed by atoms with Gasteiger partial charge in [-0.25, -0.2) is 4.79 Å². The fraction of sp³-hybridized carbons (Fsp3) is 0.727. The van der Waals surface area contributed by atoms with Crippen LogP contribution in [0.4, 0.5) is 4.79 Å². The third kappa shape index (κ3) is 6.16. The predicted octanol–water partition coefficient (Wildman–Crippen LogP) is -1.09. The molecule has 8 nitrogen and oxygen atoms in total. The van der Waals surface area contributed by atoms with Gasteiger partial charge >= 0.3 is 12.0 Å². The first-order valence-electron chi connectivity index (χ1n) is 6.07. The van der Waals surface area contributed by atoms with Crippen LogP contribution in [0, 0.1) is 5.92 Å². The van der Waals surface area contributed by atoms with Crippen LogP contribution in [0.15, 0.2) is 0 Å². The van der Waals surface area contributed by atoms with Crippen LogP contribution in [0.2, 0.25) is 0 Å². The summed E-state index contributed by atoms with van der Waals surface area (Å²) in [6.07, 6.45) is 1.70. The standard InChI is InChI=1S/C11H19N3O5/c1-19-5-4-12-11(18)14-8(15)6-13-9(10(16)17)7-2-3-7/h7,9,13H,2-6H2,1H3,(H,16,17)(H2,12,14,15,18). The van der Waals surface area contributed by atoms with Crippen LogP contribution in [-0.2, 0) is 14.3 Å². The average Bonchev–Trinajstić information content (AvgIpc) is 3.13. The molecule has 1 fully saturated rings. The van der Waals surface area contributed by atoms with E-state index in [9.17, 15) is 14.4 Å². The molecule has 8 heteroatoms. The number of hydrogen-bond donors (Lipinski definition) is 4. The van der Waals surface area contributed by atoms with E-state index >= 15 is 0 Å². The van der Waals surface area contributed by atoms with E-state index in [1.807, 2.05) is 0 Å². The monoisotopic (exact) mass is 273 g/mol. The van der Waals surface area contributed by atoms with E-state index < -0.39 is 23.9 Å². The molecular formula is C11H19N3O5. The van der Waals surface area contributed by atoms with Gasteiger partial charge in [-0.1, -0.05) is 0 Å². The van der Waals surface area contributed by atoms with Crippen molar-refractivity contribution in [3.63, 3.8) is 0 Å². The molecule has 1 saturated carbocycles. The summed E-state index contributed by atoms with van der Waals surface area (Å²) in [5.41, 5.74) is 0. The van der Waals surface area contributed by atoms with E-state index in [2.05, 4.69) is 16.0 Å². The van der Waals surface area contributed by atoms with Crippen molar-refractivity contribution in [2.75, 3.05) is 26.8 Å². The molecule has 1 unspecified atom stereocenters. The van der Waals surface area contributed by atoms with E-state index in [-0.39, 0.29) is 12.5 Å². The number of hydrogen-bond acceptors (Lipinski definition) is 5. The van der Waals surface area contributed by atoms with Crippen molar-refractivity contribution in [1.82, 2.24) is 16.0 Å². The molecular weight excluding hydrogens is 254 g/mol. The number of rotatable bonds is 8. The molecule has 4 N–H and O–H groups in total. The van der Waals surface area contributed by atoms with Gasteiger partial charge in [-0.2, -0.15) is 0 Å². The van der Waals surface area contributed by atoms with E-state index in [1.54, 1.807) is 0 Å². The van der Waals surface area contributed by atoms with Crippen molar-refractivity contribution in [2.45, 2.75) is 18.9 Å². The van der Waals surface area contributed by atoms with Gasteiger partial charge in [0.05, 0.1) is 13.2 Å². The largest absolute Gasteiger partial charge is 0.480 e. The van der Waals surface area contributed by atoms with Crippen LogP contribution in [0.1, 0.15) is 12.8 Å². The second-order valence-electron chi connectivity index (χ2n) is 4.33. The zero-order valence-electron chi connectivity index (χ0n) is 10.8. The number of urea groups is 1. The minimum absolute atomic E-state index is 0.0841. The zero-order valence-corrected chi connectivity index (χ0v) is 10.8. The molecule has 0 aromatic heterocycles. The first-order valence-corrected chi connectivity index (χ1v) is 6.07. The number of methoxy groups -OCH3 is 1. The lowest BCUT2D eigenvalue weighted by molar-refractivity contribution is -0.140. The fourth-order valence-corrected chi connectivity index (χ4v) is 1.57. The van der Waals surface area contributed by atoms with Crippen molar-refractivity contribution in [3.8, 4) is 0 Å². The number of imide groups is 1. The van der Waals surface area contributed by atoms with Crippen LogP contribution in [0.3, 0.4) is 0 Å². The summed E-state index contributed by atoms with van der Waals surface area (Å²) in [6, 6.07) is -1.34. The summed E-state index contributed by atoms with van der Waals surface area (Å²) in [5, 5.41) is 16.1. The van der Waals surface area contributed by atoms with Gasteiger partial charge in [0.25, 0.3) is 0 Å². The Kier molecular flexibility index (Phi) is 6.23. The molecule has 0 aromatic rings. The average molecular weight is 273 g/mol. The van der Waals surface area contributed by atoms with Gasteiger partial charge < -0.3 is 15.2 Å². The first kappa shape index (κ1) is 15.4. The molecule has 0 radical (unpaired) electrons.